The molecule has 2 unspecified atom stereocenters. The number of hydrogen-bond acceptors (Lipinski definition) is 5. The van der Waals surface area contributed by atoms with Crippen LogP contribution in [0.25, 0.3) is 0 Å². The summed E-state index contributed by atoms with van der Waals surface area (Å²) in [6, 6.07) is -0.537. The Morgan fingerprint density at radius 3 is 0.813 bits per heavy atom. The number of carbonyl (C=O) groups excluding carboxylic acids is 2. The van der Waals surface area contributed by atoms with Crippen LogP contribution in [-0.2, 0) is 14.3 Å². The molecule has 0 bridgehead atoms. The van der Waals surface area contributed by atoms with Gasteiger partial charge < -0.3 is 20.3 Å². The zero-order chi connectivity index (χ0) is 54.3. The maximum absolute atomic E-state index is 12.5. The standard InChI is InChI=1S/C69H137NO5/c1-3-5-7-9-11-13-15-17-18-19-33-36-39-43-47-51-55-59-63-69(74)75-64-60-56-52-48-44-40-37-34-31-29-27-25-23-21-20-22-24-26-28-30-32-35-38-42-46-50-54-58-62-68(73)70-66(65-71)67(72)61-57-53-49-45-41-16-14-12-10-8-6-4-2/h66-67,71-72H,3-65H2,1-2H3,(H,70,73). The first-order valence-electron chi connectivity index (χ1n) is 34.8. The van der Waals surface area contributed by atoms with Crippen molar-refractivity contribution in [1.29, 1.82) is 0 Å². The van der Waals surface area contributed by atoms with Gasteiger partial charge in [0.2, 0.25) is 5.91 Å². The van der Waals surface area contributed by atoms with Gasteiger partial charge in [0.15, 0.2) is 0 Å². The molecule has 0 rings (SSSR count). The van der Waals surface area contributed by atoms with E-state index in [-0.39, 0.29) is 18.5 Å². The molecule has 6 nitrogen and oxygen atoms in total. The predicted molar refractivity (Wildman–Crippen MR) is 329 cm³/mol. The number of nitrogens with one attached hydrogen (secondary N) is 1. The normalized spacial score (nSPS) is 12.4. The van der Waals surface area contributed by atoms with Gasteiger partial charge in [-0.05, 0) is 25.7 Å². The molecule has 0 aromatic rings. The molecular formula is C69H137NO5. The third-order valence-electron chi connectivity index (χ3n) is 16.7. The smallest absolute Gasteiger partial charge is 0.305 e. The van der Waals surface area contributed by atoms with E-state index in [2.05, 4.69) is 19.2 Å². The summed E-state index contributed by atoms with van der Waals surface area (Å²) >= 11 is 0. The van der Waals surface area contributed by atoms with Gasteiger partial charge in [-0.3, -0.25) is 9.59 Å². The Labute approximate surface area is 470 Å². The SMILES string of the molecule is CCCCCCCCCCCCCCCCCCCCC(=O)OCCCCCCCCCCCCCCCCCCCCCCCCCCCCCCC(=O)NC(CO)C(O)CCCCCCCCCCCCCC. The first-order valence-corrected chi connectivity index (χ1v) is 34.8. The van der Waals surface area contributed by atoms with Crippen molar-refractivity contribution in [3.63, 3.8) is 0 Å². The zero-order valence-corrected chi connectivity index (χ0v) is 51.3. The third kappa shape index (κ3) is 61.9. The minimum absolute atomic E-state index is 0.0244. The molecule has 6 heteroatoms. The van der Waals surface area contributed by atoms with Gasteiger partial charge in [0.05, 0.1) is 25.4 Å². The number of carbonyl (C=O) groups is 2. The fourth-order valence-corrected chi connectivity index (χ4v) is 11.4. The summed E-state index contributed by atoms with van der Waals surface area (Å²) in [5.41, 5.74) is 0. The Morgan fingerprint density at radius 2 is 0.547 bits per heavy atom. The van der Waals surface area contributed by atoms with Gasteiger partial charge in [0.1, 0.15) is 0 Å². The van der Waals surface area contributed by atoms with Crippen molar-refractivity contribution in [2.75, 3.05) is 13.2 Å². The van der Waals surface area contributed by atoms with E-state index in [1.165, 1.54) is 334 Å². The van der Waals surface area contributed by atoms with Crippen molar-refractivity contribution in [1.82, 2.24) is 5.32 Å². The second kappa shape index (κ2) is 65.4. The monoisotopic (exact) mass is 1060 g/mol. The fraction of sp³-hybridized carbons (Fsp3) is 0.971. The Morgan fingerprint density at radius 1 is 0.320 bits per heavy atom. The highest BCUT2D eigenvalue weighted by Gasteiger charge is 2.20. The van der Waals surface area contributed by atoms with Crippen LogP contribution in [0.15, 0.2) is 0 Å². The van der Waals surface area contributed by atoms with Crippen LogP contribution in [0.5, 0.6) is 0 Å². The van der Waals surface area contributed by atoms with Crippen molar-refractivity contribution in [3.05, 3.63) is 0 Å². The third-order valence-corrected chi connectivity index (χ3v) is 16.7. The molecule has 0 aromatic heterocycles. The van der Waals surface area contributed by atoms with Crippen LogP contribution in [0.1, 0.15) is 406 Å². The number of esters is 1. The van der Waals surface area contributed by atoms with E-state index in [0.29, 0.717) is 25.9 Å². The van der Waals surface area contributed by atoms with Crippen LogP contribution in [0.3, 0.4) is 0 Å². The van der Waals surface area contributed by atoms with Gasteiger partial charge in [-0.15, -0.1) is 0 Å². The van der Waals surface area contributed by atoms with E-state index in [9.17, 15) is 19.8 Å². The second-order valence-corrected chi connectivity index (χ2v) is 24.2. The summed E-state index contributed by atoms with van der Waals surface area (Å²) in [7, 11) is 0. The molecule has 3 N–H and O–H groups in total. The topological polar surface area (TPSA) is 95.9 Å². The Balaban J connectivity index is 3.29. The van der Waals surface area contributed by atoms with Gasteiger partial charge in [-0.2, -0.15) is 0 Å². The number of ether oxygens (including phenoxy) is 1. The molecule has 0 radical (unpaired) electrons. The maximum Gasteiger partial charge on any atom is 0.305 e. The van der Waals surface area contributed by atoms with Gasteiger partial charge >= 0.3 is 5.97 Å². The van der Waals surface area contributed by atoms with Crippen LogP contribution in [0, 0.1) is 0 Å². The molecule has 0 fully saturated rings. The van der Waals surface area contributed by atoms with Crippen molar-refractivity contribution in [2.45, 2.75) is 418 Å². The van der Waals surface area contributed by atoms with Gasteiger partial charge in [0.25, 0.3) is 0 Å². The van der Waals surface area contributed by atoms with E-state index in [1.54, 1.807) is 0 Å². The molecule has 448 valence electrons. The summed E-state index contributed by atoms with van der Waals surface area (Å²) in [6.07, 6.45) is 78.7. The number of aliphatic hydroxyl groups is 2. The molecule has 0 aliphatic carbocycles. The summed E-state index contributed by atoms with van der Waals surface area (Å²) in [4.78, 5) is 24.6. The van der Waals surface area contributed by atoms with Crippen LogP contribution < -0.4 is 5.32 Å². The number of hydrogen-bond donors (Lipinski definition) is 3. The van der Waals surface area contributed by atoms with Crippen LogP contribution in [0.2, 0.25) is 0 Å². The molecule has 0 heterocycles. The van der Waals surface area contributed by atoms with Crippen molar-refractivity contribution < 1.29 is 24.5 Å². The average molecular weight is 1060 g/mol. The van der Waals surface area contributed by atoms with Gasteiger partial charge in [-0.25, -0.2) is 0 Å². The largest absolute Gasteiger partial charge is 0.466 e. The molecule has 75 heavy (non-hydrogen) atoms. The summed E-state index contributed by atoms with van der Waals surface area (Å²) in [5, 5.41) is 23.3. The molecule has 0 saturated heterocycles. The second-order valence-electron chi connectivity index (χ2n) is 24.2. The van der Waals surface area contributed by atoms with E-state index in [4.69, 9.17) is 4.74 Å². The van der Waals surface area contributed by atoms with Gasteiger partial charge in [0, 0.05) is 12.8 Å². The van der Waals surface area contributed by atoms with Crippen molar-refractivity contribution in [2.24, 2.45) is 0 Å². The Kier molecular flexibility index (Phi) is 64.4. The highest BCUT2D eigenvalue weighted by atomic mass is 16.5. The van der Waals surface area contributed by atoms with E-state index in [0.717, 1.165) is 38.5 Å². The zero-order valence-electron chi connectivity index (χ0n) is 51.3. The highest BCUT2D eigenvalue weighted by molar-refractivity contribution is 5.76. The average Bonchev–Trinajstić information content (AvgIpc) is 3.41. The highest BCUT2D eigenvalue weighted by Crippen LogP contribution is 2.19. The van der Waals surface area contributed by atoms with Crippen molar-refractivity contribution >= 4 is 11.9 Å². The predicted octanol–water partition coefficient (Wildman–Crippen LogP) is 22.2. The molecule has 2 atom stereocenters. The van der Waals surface area contributed by atoms with E-state index in [1.807, 2.05) is 0 Å². The fourth-order valence-electron chi connectivity index (χ4n) is 11.4. The molecule has 0 aromatic carbocycles. The lowest BCUT2D eigenvalue weighted by atomic mass is 10.0. The first kappa shape index (κ1) is 73.9. The molecule has 0 aliphatic rings. The number of aliphatic hydroxyl groups excluding tert-OH is 2. The Bertz CT molecular complexity index is 1080. The lowest BCUT2D eigenvalue weighted by Gasteiger charge is -2.22. The molecule has 0 saturated carbocycles. The maximum atomic E-state index is 12.5. The summed E-state index contributed by atoms with van der Waals surface area (Å²) < 4.78 is 5.51. The van der Waals surface area contributed by atoms with E-state index >= 15 is 0 Å². The molecule has 0 spiro atoms. The summed E-state index contributed by atoms with van der Waals surface area (Å²) in [6.45, 7) is 4.99. The number of rotatable bonds is 66. The molecular weight excluding hydrogens is 923 g/mol. The first-order chi connectivity index (χ1) is 37.0. The quantitative estimate of drug-likeness (QED) is 0.0417. The van der Waals surface area contributed by atoms with E-state index < -0.39 is 12.1 Å². The Hall–Kier alpha value is -1.14. The van der Waals surface area contributed by atoms with Crippen molar-refractivity contribution in [3.8, 4) is 0 Å². The molecule has 0 aliphatic heterocycles. The minimum atomic E-state index is -0.660. The lowest BCUT2D eigenvalue weighted by molar-refractivity contribution is -0.143. The molecule has 1 amide bonds. The van der Waals surface area contributed by atoms with Crippen LogP contribution >= 0.6 is 0 Å². The summed E-state index contributed by atoms with van der Waals surface area (Å²) in [5.74, 6) is -0.00521. The lowest BCUT2D eigenvalue weighted by Crippen LogP contribution is -2.45. The van der Waals surface area contributed by atoms with Crippen LogP contribution in [-0.4, -0.2) is 47.4 Å². The van der Waals surface area contributed by atoms with Gasteiger partial charge in [-0.1, -0.05) is 367 Å². The van der Waals surface area contributed by atoms with Crippen LogP contribution in [0.4, 0.5) is 0 Å². The number of amides is 1. The number of unbranched alkanes of at least 4 members (excludes halogenated alkanes) is 55. The minimum Gasteiger partial charge on any atom is -0.466 e.